The SMILES string of the molecule is COc1cc(/C=C/C(=O)Nc2cc(-n3ccc4ccccc43)ncn2)cc(OC)c1OC. The van der Waals surface area contributed by atoms with E-state index < -0.39 is 0 Å². The molecule has 0 fully saturated rings. The molecule has 2 aromatic carbocycles. The van der Waals surface area contributed by atoms with Gasteiger partial charge in [-0.3, -0.25) is 4.79 Å². The number of para-hydroxylation sites is 1. The summed E-state index contributed by atoms with van der Waals surface area (Å²) in [5.41, 5.74) is 1.74. The lowest BCUT2D eigenvalue weighted by Gasteiger charge is -2.12. The standard InChI is InChI=1S/C24H22N4O4/c1-30-19-12-16(13-20(31-2)24(19)32-3)8-9-23(29)27-21-14-22(26-15-25-21)28-11-10-17-6-4-5-7-18(17)28/h4-15H,1-3H3,(H,25,26,27,29)/b9-8+. The van der Waals surface area contributed by atoms with Gasteiger partial charge >= 0.3 is 0 Å². The zero-order chi connectivity index (χ0) is 22.5. The molecule has 0 aliphatic carbocycles. The minimum absolute atomic E-state index is 0.333. The molecular weight excluding hydrogens is 408 g/mol. The van der Waals surface area contributed by atoms with Crippen molar-refractivity contribution in [3.05, 3.63) is 72.7 Å². The van der Waals surface area contributed by atoms with E-state index in [4.69, 9.17) is 14.2 Å². The Morgan fingerprint density at radius 3 is 2.44 bits per heavy atom. The molecule has 0 aliphatic heterocycles. The number of hydrogen-bond donors (Lipinski definition) is 1. The second-order valence-corrected chi connectivity index (χ2v) is 6.79. The van der Waals surface area contributed by atoms with Crippen LogP contribution in [0.1, 0.15) is 5.56 Å². The molecule has 2 aromatic heterocycles. The molecule has 2 heterocycles. The summed E-state index contributed by atoms with van der Waals surface area (Å²) in [5.74, 6) is 2.22. The Morgan fingerprint density at radius 2 is 1.72 bits per heavy atom. The fourth-order valence-electron chi connectivity index (χ4n) is 3.37. The number of amides is 1. The molecular formula is C24H22N4O4. The summed E-state index contributed by atoms with van der Waals surface area (Å²) in [5, 5.41) is 3.87. The van der Waals surface area contributed by atoms with E-state index in [0.29, 0.717) is 28.9 Å². The minimum Gasteiger partial charge on any atom is -0.493 e. The number of methoxy groups -OCH3 is 3. The van der Waals surface area contributed by atoms with Crippen LogP contribution < -0.4 is 19.5 Å². The molecule has 0 spiro atoms. The number of aromatic nitrogens is 3. The van der Waals surface area contributed by atoms with Crippen molar-refractivity contribution in [1.82, 2.24) is 14.5 Å². The van der Waals surface area contributed by atoms with E-state index in [2.05, 4.69) is 15.3 Å². The summed E-state index contributed by atoms with van der Waals surface area (Å²) >= 11 is 0. The molecule has 0 aliphatic rings. The van der Waals surface area contributed by atoms with E-state index in [9.17, 15) is 4.79 Å². The van der Waals surface area contributed by atoms with Crippen molar-refractivity contribution in [1.29, 1.82) is 0 Å². The Bertz CT molecular complexity index is 1270. The Kier molecular flexibility index (Phi) is 6.03. The molecule has 0 saturated carbocycles. The summed E-state index contributed by atoms with van der Waals surface area (Å²) in [6.45, 7) is 0. The molecule has 4 aromatic rings. The average molecular weight is 430 g/mol. The van der Waals surface area contributed by atoms with Crippen LogP contribution in [-0.4, -0.2) is 41.8 Å². The van der Waals surface area contributed by atoms with E-state index in [1.165, 1.54) is 33.7 Å². The number of fused-ring (bicyclic) bond motifs is 1. The average Bonchev–Trinajstić information content (AvgIpc) is 3.26. The summed E-state index contributed by atoms with van der Waals surface area (Å²) < 4.78 is 17.9. The fourth-order valence-corrected chi connectivity index (χ4v) is 3.37. The highest BCUT2D eigenvalue weighted by atomic mass is 16.5. The van der Waals surface area contributed by atoms with Gasteiger partial charge in [-0.05, 0) is 41.3 Å². The van der Waals surface area contributed by atoms with Crippen molar-refractivity contribution < 1.29 is 19.0 Å². The largest absolute Gasteiger partial charge is 0.493 e. The monoisotopic (exact) mass is 430 g/mol. The van der Waals surface area contributed by atoms with Gasteiger partial charge in [0.15, 0.2) is 11.5 Å². The highest BCUT2D eigenvalue weighted by Crippen LogP contribution is 2.38. The van der Waals surface area contributed by atoms with Gasteiger partial charge in [-0.2, -0.15) is 0 Å². The molecule has 0 atom stereocenters. The smallest absolute Gasteiger partial charge is 0.249 e. The maximum absolute atomic E-state index is 12.5. The molecule has 162 valence electrons. The number of carbonyl (C=O) groups is 1. The van der Waals surface area contributed by atoms with Crippen LogP contribution in [0.4, 0.5) is 5.82 Å². The lowest BCUT2D eigenvalue weighted by molar-refractivity contribution is -0.111. The molecule has 8 nitrogen and oxygen atoms in total. The molecule has 0 saturated heterocycles. The van der Waals surface area contributed by atoms with Crippen LogP contribution in [0, 0.1) is 0 Å². The molecule has 1 amide bonds. The van der Waals surface area contributed by atoms with Crippen LogP contribution in [0.15, 0.2) is 67.1 Å². The number of anilines is 1. The van der Waals surface area contributed by atoms with Crippen LogP contribution in [0.25, 0.3) is 22.8 Å². The van der Waals surface area contributed by atoms with Crippen molar-refractivity contribution in [2.24, 2.45) is 0 Å². The van der Waals surface area contributed by atoms with Crippen molar-refractivity contribution in [2.45, 2.75) is 0 Å². The summed E-state index contributed by atoms with van der Waals surface area (Å²) in [6.07, 6.45) is 6.42. The quantitative estimate of drug-likeness (QED) is 0.444. The second kappa shape index (κ2) is 9.22. The van der Waals surface area contributed by atoms with E-state index in [1.54, 1.807) is 24.3 Å². The first-order valence-electron chi connectivity index (χ1n) is 9.80. The Balaban J connectivity index is 1.53. The van der Waals surface area contributed by atoms with Gasteiger partial charge in [0, 0.05) is 18.3 Å². The first-order chi connectivity index (χ1) is 15.6. The van der Waals surface area contributed by atoms with E-state index >= 15 is 0 Å². The highest BCUT2D eigenvalue weighted by molar-refractivity contribution is 6.01. The Hall–Kier alpha value is -4.33. The van der Waals surface area contributed by atoms with Gasteiger partial charge in [0.2, 0.25) is 11.7 Å². The van der Waals surface area contributed by atoms with Crippen LogP contribution >= 0.6 is 0 Å². The Labute approximate surface area is 185 Å². The van der Waals surface area contributed by atoms with Crippen molar-refractivity contribution in [3.8, 4) is 23.1 Å². The van der Waals surface area contributed by atoms with Crippen molar-refractivity contribution in [2.75, 3.05) is 26.6 Å². The first-order valence-corrected chi connectivity index (χ1v) is 9.80. The number of carbonyl (C=O) groups excluding carboxylic acids is 1. The Morgan fingerprint density at radius 1 is 0.969 bits per heavy atom. The van der Waals surface area contributed by atoms with Crippen molar-refractivity contribution >= 4 is 28.7 Å². The lowest BCUT2D eigenvalue weighted by Crippen LogP contribution is -2.10. The van der Waals surface area contributed by atoms with Crippen LogP contribution in [-0.2, 0) is 4.79 Å². The summed E-state index contributed by atoms with van der Waals surface area (Å²) in [4.78, 5) is 21.0. The van der Waals surface area contributed by atoms with Gasteiger partial charge in [-0.1, -0.05) is 18.2 Å². The van der Waals surface area contributed by atoms with E-state index in [1.807, 2.05) is 41.1 Å². The second-order valence-electron chi connectivity index (χ2n) is 6.79. The molecule has 1 N–H and O–H groups in total. The first kappa shape index (κ1) is 20.9. The molecule has 32 heavy (non-hydrogen) atoms. The third-order valence-electron chi connectivity index (χ3n) is 4.86. The third-order valence-corrected chi connectivity index (χ3v) is 4.86. The van der Waals surface area contributed by atoms with Crippen LogP contribution in [0.2, 0.25) is 0 Å². The van der Waals surface area contributed by atoms with E-state index in [-0.39, 0.29) is 5.91 Å². The van der Waals surface area contributed by atoms with E-state index in [0.717, 1.165) is 16.5 Å². The maximum Gasteiger partial charge on any atom is 0.249 e. The number of nitrogens with zero attached hydrogens (tertiary/aromatic N) is 3. The molecule has 8 heteroatoms. The number of rotatable bonds is 7. The predicted octanol–water partition coefficient (Wildman–Crippen LogP) is 4.10. The molecule has 0 radical (unpaired) electrons. The van der Waals surface area contributed by atoms with Crippen molar-refractivity contribution in [3.63, 3.8) is 0 Å². The highest BCUT2D eigenvalue weighted by Gasteiger charge is 2.12. The van der Waals surface area contributed by atoms with Gasteiger partial charge in [-0.25, -0.2) is 9.97 Å². The van der Waals surface area contributed by atoms with Gasteiger partial charge in [-0.15, -0.1) is 0 Å². The number of ether oxygens (including phenoxy) is 3. The lowest BCUT2D eigenvalue weighted by atomic mass is 10.1. The maximum atomic E-state index is 12.5. The topological polar surface area (TPSA) is 87.5 Å². The predicted molar refractivity (Wildman–Crippen MR) is 123 cm³/mol. The molecule has 0 unspecified atom stereocenters. The van der Waals surface area contributed by atoms with Crippen LogP contribution in [0.3, 0.4) is 0 Å². The molecule has 4 rings (SSSR count). The third kappa shape index (κ3) is 4.24. The number of hydrogen-bond acceptors (Lipinski definition) is 6. The minimum atomic E-state index is -0.333. The van der Waals surface area contributed by atoms with Gasteiger partial charge in [0.25, 0.3) is 0 Å². The number of nitrogens with one attached hydrogen (secondary N) is 1. The van der Waals surface area contributed by atoms with Crippen LogP contribution in [0.5, 0.6) is 17.2 Å². The summed E-state index contributed by atoms with van der Waals surface area (Å²) in [7, 11) is 4.62. The normalized spacial score (nSPS) is 11.0. The zero-order valence-electron chi connectivity index (χ0n) is 17.9. The fraction of sp³-hybridized carbons (Fsp3) is 0.125. The number of benzene rings is 2. The molecule has 0 bridgehead atoms. The van der Waals surface area contributed by atoms with Gasteiger partial charge in [0.05, 0.1) is 26.8 Å². The van der Waals surface area contributed by atoms with Gasteiger partial charge in [0.1, 0.15) is 18.0 Å². The zero-order valence-corrected chi connectivity index (χ0v) is 17.9. The summed E-state index contributed by atoms with van der Waals surface area (Å²) in [6, 6.07) is 15.2. The van der Waals surface area contributed by atoms with Gasteiger partial charge < -0.3 is 24.1 Å².